The van der Waals surface area contributed by atoms with Gasteiger partial charge in [0.05, 0.1) is 30.8 Å². The van der Waals surface area contributed by atoms with Crippen molar-refractivity contribution in [3.05, 3.63) is 120 Å². The monoisotopic (exact) mass is 690 g/mol. The zero-order valence-corrected chi connectivity index (χ0v) is 29.2. The summed E-state index contributed by atoms with van der Waals surface area (Å²) in [5.41, 5.74) is 5.52. The van der Waals surface area contributed by atoms with Crippen LogP contribution >= 0.6 is 0 Å². The van der Waals surface area contributed by atoms with E-state index in [0.29, 0.717) is 62.0 Å². The van der Waals surface area contributed by atoms with Crippen molar-refractivity contribution in [1.82, 2.24) is 15.3 Å². The summed E-state index contributed by atoms with van der Waals surface area (Å²) in [4.78, 5) is 35.3. The average Bonchev–Trinajstić information content (AvgIpc) is 3.58. The highest BCUT2D eigenvalue weighted by atomic mass is 16.6. The molecule has 266 valence electrons. The van der Waals surface area contributed by atoms with E-state index in [1.807, 2.05) is 85.8 Å². The van der Waals surface area contributed by atoms with Gasteiger partial charge in [-0.1, -0.05) is 74.7 Å². The predicted molar refractivity (Wildman–Crippen MR) is 201 cm³/mol. The molecule has 0 aliphatic heterocycles. The number of unbranched alkanes of at least 4 members (excludes halogenated alkanes) is 3. The summed E-state index contributed by atoms with van der Waals surface area (Å²) in [7, 11) is 0. The van der Waals surface area contributed by atoms with Gasteiger partial charge in [0.1, 0.15) is 17.4 Å². The molecule has 11 nitrogen and oxygen atoms in total. The molecule has 1 aromatic heterocycles. The van der Waals surface area contributed by atoms with E-state index >= 15 is 0 Å². The Hall–Kier alpha value is -5.68. The highest BCUT2D eigenvalue weighted by Gasteiger charge is 2.20. The number of nitrogens with zero attached hydrogens (tertiary/aromatic N) is 2. The van der Waals surface area contributed by atoms with E-state index in [9.17, 15) is 9.59 Å². The lowest BCUT2D eigenvalue weighted by molar-refractivity contribution is 0.119. The Morgan fingerprint density at radius 3 is 2.35 bits per heavy atom. The number of benzene rings is 4. The second-order valence-corrected chi connectivity index (χ2v) is 12.1. The van der Waals surface area contributed by atoms with E-state index in [1.165, 1.54) is 0 Å². The predicted octanol–water partition coefficient (Wildman–Crippen LogP) is 8.73. The van der Waals surface area contributed by atoms with E-state index in [-0.39, 0.29) is 5.84 Å². The first-order valence-electron chi connectivity index (χ1n) is 17.4. The van der Waals surface area contributed by atoms with Gasteiger partial charge in [-0.25, -0.2) is 14.6 Å². The van der Waals surface area contributed by atoms with Crippen LogP contribution in [0, 0.1) is 12.3 Å². The second-order valence-electron chi connectivity index (χ2n) is 12.1. The molecule has 0 radical (unpaired) electrons. The van der Waals surface area contributed by atoms with Crippen LogP contribution in [-0.4, -0.2) is 47.7 Å². The number of hydrogen-bond acceptors (Lipinski definition) is 8. The summed E-state index contributed by atoms with van der Waals surface area (Å²) in [5.74, 6) is 1.12. The van der Waals surface area contributed by atoms with Crippen LogP contribution in [0.3, 0.4) is 0 Å². The van der Waals surface area contributed by atoms with Crippen LogP contribution in [0.15, 0.2) is 97.1 Å². The summed E-state index contributed by atoms with van der Waals surface area (Å²) in [6, 6.07) is 30.3. The third-order valence-electron chi connectivity index (χ3n) is 8.27. The number of aromatic amines is 1. The standard InChI is InChI=1S/C40H46N6O5/c1-3-4-5-12-26-50-39(47)45-38(41)31-18-20-32(21-19-31)42-27-36-43-34-22-23-35(29(2)37(34)44-36)51-40(48)46(33-16-10-7-11-17-33)24-13-25-49-28-30-14-8-6-9-15-30/h6-11,14-23,42H,3-5,12-13,24-28H2,1-2H3,(H,43,44)(H2,41,45,47). The van der Waals surface area contributed by atoms with Crippen LogP contribution in [0.5, 0.6) is 5.75 Å². The highest BCUT2D eigenvalue weighted by molar-refractivity contribution is 6.04. The first-order valence-corrected chi connectivity index (χ1v) is 17.4. The molecule has 51 heavy (non-hydrogen) atoms. The van der Waals surface area contributed by atoms with Crippen LogP contribution in [0.25, 0.3) is 11.0 Å². The lowest BCUT2D eigenvalue weighted by Gasteiger charge is -2.22. The summed E-state index contributed by atoms with van der Waals surface area (Å²) in [5, 5.41) is 14.0. The zero-order chi connectivity index (χ0) is 35.8. The Labute approximate surface area is 298 Å². The van der Waals surface area contributed by atoms with Crippen molar-refractivity contribution < 1.29 is 23.8 Å². The molecule has 11 heteroatoms. The molecule has 0 unspecified atom stereocenters. The smallest absolute Gasteiger partial charge is 0.419 e. The first-order chi connectivity index (χ1) is 24.9. The lowest BCUT2D eigenvalue weighted by atomic mass is 10.2. The van der Waals surface area contributed by atoms with E-state index in [1.54, 1.807) is 23.1 Å². The zero-order valence-electron chi connectivity index (χ0n) is 29.2. The maximum absolute atomic E-state index is 13.5. The van der Waals surface area contributed by atoms with Gasteiger partial charge in [-0.05, 0) is 73.9 Å². The highest BCUT2D eigenvalue weighted by Crippen LogP contribution is 2.27. The molecule has 5 rings (SSSR count). The fourth-order valence-corrected chi connectivity index (χ4v) is 5.46. The van der Waals surface area contributed by atoms with Gasteiger partial charge in [-0.2, -0.15) is 0 Å². The minimum atomic E-state index is -0.620. The largest absolute Gasteiger partial charge is 0.449 e. The molecule has 0 saturated carbocycles. The molecule has 0 aliphatic carbocycles. The first kappa shape index (κ1) is 36.6. The molecule has 2 amide bonds. The number of fused-ring (bicyclic) bond motifs is 1. The Morgan fingerprint density at radius 2 is 1.61 bits per heavy atom. The van der Waals surface area contributed by atoms with Gasteiger partial charge in [0, 0.05) is 35.7 Å². The molecule has 0 bridgehead atoms. The number of aromatic nitrogens is 2. The van der Waals surface area contributed by atoms with Crippen LogP contribution in [0.4, 0.5) is 21.0 Å². The number of hydrogen-bond donors (Lipinski definition) is 4. The number of alkyl carbamates (subject to hydrolysis) is 1. The number of amidine groups is 1. The van der Waals surface area contributed by atoms with Crippen LogP contribution < -0.4 is 20.3 Å². The van der Waals surface area contributed by atoms with Gasteiger partial charge >= 0.3 is 12.2 Å². The number of H-pyrrole nitrogens is 1. The normalized spacial score (nSPS) is 10.9. The number of nitrogens with one attached hydrogen (secondary N) is 4. The quantitative estimate of drug-likeness (QED) is 0.0434. The van der Waals surface area contributed by atoms with Crippen molar-refractivity contribution in [2.45, 2.75) is 59.1 Å². The molecular formula is C40H46N6O5. The summed E-state index contributed by atoms with van der Waals surface area (Å²) < 4.78 is 17.0. The third kappa shape index (κ3) is 10.9. The minimum absolute atomic E-state index is 0.0240. The van der Waals surface area contributed by atoms with E-state index in [4.69, 9.17) is 24.6 Å². The molecule has 0 spiro atoms. The number of amides is 2. The number of aryl methyl sites for hydroxylation is 1. The molecular weight excluding hydrogens is 644 g/mol. The van der Waals surface area contributed by atoms with Gasteiger partial charge in [0.2, 0.25) is 0 Å². The number of anilines is 2. The SMILES string of the molecule is CCCCCCOC(=O)NC(=N)c1ccc(NCc2nc3c(C)c(OC(=O)N(CCCOCc4ccccc4)c4ccccc4)ccc3[nH]2)cc1. The Balaban J connectivity index is 1.14. The Morgan fingerprint density at radius 1 is 0.863 bits per heavy atom. The summed E-state index contributed by atoms with van der Waals surface area (Å²) in [6.07, 6.45) is 3.59. The van der Waals surface area contributed by atoms with Gasteiger partial charge < -0.3 is 24.5 Å². The van der Waals surface area contributed by atoms with E-state index in [2.05, 4.69) is 22.5 Å². The summed E-state index contributed by atoms with van der Waals surface area (Å²) >= 11 is 0. The number of carbonyl (C=O) groups excluding carboxylic acids is 2. The number of carbonyl (C=O) groups is 2. The number of para-hydroxylation sites is 1. The second kappa shape index (κ2) is 18.9. The maximum Gasteiger partial charge on any atom is 0.419 e. The van der Waals surface area contributed by atoms with Crippen LogP contribution in [-0.2, 0) is 22.6 Å². The topological polar surface area (TPSA) is 142 Å². The van der Waals surface area contributed by atoms with Gasteiger partial charge in [0.15, 0.2) is 0 Å². The van der Waals surface area contributed by atoms with Crippen molar-refractivity contribution in [3.63, 3.8) is 0 Å². The number of ether oxygens (including phenoxy) is 3. The molecule has 4 N–H and O–H groups in total. The molecule has 1 heterocycles. The third-order valence-corrected chi connectivity index (χ3v) is 8.27. The maximum atomic E-state index is 13.5. The molecule has 4 aromatic carbocycles. The van der Waals surface area contributed by atoms with E-state index in [0.717, 1.165) is 53.7 Å². The molecule has 0 aliphatic rings. The Bertz CT molecular complexity index is 1860. The van der Waals surface area contributed by atoms with Gasteiger partial charge in [-0.15, -0.1) is 0 Å². The summed E-state index contributed by atoms with van der Waals surface area (Å²) in [6.45, 7) is 6.22. The minimum Gasteiger partial charge on any atom is -0.449 e. The Kier molecular flexibility index (Phi) is 13.6. The van der Waals surface area contributed by atoms with Crippen molar-refractivity contribution in [1.29, 1.82) is 5.41 Å². The number of rotatable bonds is 17. The molecule has 0 saturated heterocycles. The number of imidazole rings is 1. The van der Waals surface area contributed by atoms with E-state index < -0.39 is 12.2 Å². The lowest BCUT2D eigenvalue weighted by Crippen LogP contribution is -2.35. The molecule has 5 aromatic rings. The molecule has 0 fully saturated rings. The van der Waals surface area contributed by atoms with Gasteiger partial charge in [0.25, 0.3) is 0 Å². The fraction of sp³-hybridized carbons (Fsp3) is 0.300. The van der Waals surface area contributed by atoms with Crippen molar-refractivity contribution in [3.8, 4) is 5.75 Å². The van der Waals surface area contributed by atoms with Crippen molar-refractivity contribution >= 4 is 40.4 Å². The molecule has 0 atom stereocenters. The van der Waals surface area contributed by atoms with Crippen LogP contribution in [0.2, 0.25) is 0 Å². The van der Waals surface area contributed by atoms with Crippen molar-refractivity contribution in [2.75, 3.05) is 30.0 Å². The van der Waals surface area contributed by atoms with Gasteiger partial charge in [-0.3, -0.25) is 15.6 Å². The average molecular weight is 691 g/mol. The fourth-order valence-electron chi connectivity index (χ4n) is 5.46. The van der Waals surface area contributed by atoms with Crippen LogP contribution in [0.1, 0.15) is 61.5 Å². The van der Waals surface area contributed by atoms with Crippen molar-refractivity contribution in [2.24, 2.45) is 0 Å².